The number of alkyl halides is 9. The van der Waals surface area contributed by atoms with Crippen LogP contribution < -0.4 is 0 Å². The van der Waals surface area contributed by atoms with Crippen LogP contribution in [0.4, 0.5) is 39.5 Å². The lowest BCUT2D eigenvalue weighted by Gasteiger charge is -2.30. The second kappa shape index (κ2) is 17.8. The number of benzene rings is 1. The Morgan fingerprint density at radius 2 is 1.32 bits per heavy atom. The summed E-state index contributed by atoms with van der Waals surface area (Å²) in [5.41, 5.74) is 2.96. The van der Waals surface area contributed by atoms with Gasteiger partial charge in [0.1, 0.15) is 0 Å². The predicted octanol–water partition coefficient (Wildman–Crippen LogP) is 4.95. The van der Waals surface area contributed by atoms with Gasteiger partial charge in [0.2, 0.25) is 0 Å². The Kier molecular flexibility index (Phi) is 15.6. The molecule has 0 bridgehead atoms. The van der Waals surface area contributed by atoms with Gasteiger partial charge in [-0.15, -0.1) is 0 Å². The van der Waals surface area contributed by atoms with E-state index in [1.807, 2.05) is 18.5 Å². The molecule has 19 heteroatoms. The van der Waals surface area contributed by atoms with Gasteiger partial charge in [0.05, 0.1) is 13.2 Å². The number of carbonyl (C=O) groups is 3. The van der Waals surface area contributed by atoms with Crippen molar-refractivity contribution in [1.29, 1.82) is 0 Å². The average molecular weight is 694 g/mol. The van der Waals surface area contributed by atoms with Crippen molar-refractivity contribution in [2.75, 3.05) is 39.8 Å². The summed E-state index contributed by atoms with van der Waals surface area (Å²) in [6.07, 6.45) is -10.3. The first kappa shape index (κ1) is 41.1. The van der Waals surface area contributed by atoms with Gasteiger partial charge in [-0.05, 0) is 37.2 Å². The summed E-state index contributed by atoms with van der Waals surface area (Å²) in [5.74, 6) is -7.66. The third kappa shape index (κ3) is 15.4. The molecule has 2 aromatic rings. The molecule has 4 rings (SSSR count). The van der Waals surface area contributed by atoms with Gasteiger partial charge in [0.15, 0.2) is 0 Å². The summed E-state index contributed by atoms with van der Waals surface area (Å²) in [4.78, 5) is 36.0. The molecule has 1 aromatic carbocycles. The van der Waals surface area contributed by atoms with Crippen molar-refractivity contribution in [3.63, 3.8) is 0 Å². The van der Waals surface area contributed by atoms with Crippen molar-refractivity contribution in [3.8, 4) is 0 Å². The van der Waals surface area contributed by atoms with Gasteiger partial charge in [0, 0.05) is 49.9 Å². The molecule has 2 aliphatic heterocycles. The number of aliphatic carboxylic acids is 3. The quantitative estimate of drug-likeness (QED) is 0.356. The van der Waals surface area contributed by atoms with Crippen LogP contribution in [0.25, 0.3) is 0 Å². The number of pyridine rings is 1. The molecule has 1 aromatic heterocycles. The Bertz CT molecular complexity index is 1210. The highest BCUT2D eigenvalue weighted by Crippen LogP contribution is 2.44. The second-order valence-corrected chi connectivity index (χ2v) is 10.5. The van der Waals surface area contributed by atoms with E-state index in [-0.39, 0.29) is 0 Å². The van der Waals surface area contributed by atoms with E-state index >= 15 is 0 Å². The third-order valence-corrected chi connectivity index (χ3v) is 6.73. The van der Waals surface area contributed by atoms with Gasteiger partial charge < -0.3 is 25.0 Å². The Balaban J connectivity index is 0.000000430. The fourth-order valence-corrected chi connectivity index (χ4v) is 4.76. The smallest absolute Gasteiger partial charge is 0.475 e. The molecule has 47 heavy (non-hydrogen) atoms. The van der Waals surface area contributed by atoms with Crippen LogP contribution in [0.5, 0.6) is 0 Å². The van der Waals surface area contributed by atoms with E-state index in [1.54, 1.807) is 0 Å². The van der Waals surface area contributed by atoms with E-state index in [1.165, 1.54) is 31.6 Å². The minimum atomic E-state index is -5.08. The number of rotatable bonds is 6. The van der Waals surface area contributed by atoms with E-state index in [0.29, 0.717) is 17.9 Å². The molecule has 3 N–H and O–H groups in total. The van der Waals surface area contributed by atoms with E-state index in [2.05, 4.69) is 58.2 Å². The van der Waals surface area contributed by atoms with Gasteiger partial charge in [0.25, 0.3) is 0 Å². The van der Waals surface area contributed by atoms with Gasteiger partial charge >= 0.3 is 36.4 Å². The number of hydrogen-bond acceptors (Lipinski definition) is 7. The van der Waals surface area contributed by atoms with Crippen LogP contribution in [0.1, 0.15) is 17.5 Å². The predicted molar refractivity (Wildman–Crippen MR) is 145 cm³/mol. The molecule has 2 fully saturated rings. The van der Waals surface area contributed by atoms with Crippen LogP contribution >= 0.6 is 0 Å². The number of halogens is 9. The fourth-order valence-electron chi connectivity index (χ4n) is 4.76. The maximum atomic E-state index is 10.6. The van der Waals surface area contributed by atoms with Gasteiger partial charge in [-0.1, -0.05) is 36.4 Å². The van der Waals surface area contributed by atoms with Crippen molar-refractivity contribution in [3.05, 3.63) is 66.0 Å². The Labute approximate surface area is 262 Å². The Morgan fingerprint density at radius 1 is 0.830 bits per heavy atom. The maximum Gasteiger partial charge on any atom is 0.490 e. The molecule has 0 saturated carbocycles. The van der Waals surface area contributed by atoms with Crippen molar-refractivity contribution in [2.24, 2.45) is 11.3 Å². The highest BCUT2D eigenvalue weighted by atomic mass is 19.4. The fraction of sp³-hybridized carbons (Fsp3) is 0.500. The zero-order chi connectivity index (χ0) is 36.1. The lowest BCUT2D eigenvalue weighted by atomic mass is 9.77. The average Bonchev–Trinajstić information content (AvgIpc) is 3.50. The number of carboxylic acids is 3. The van der Waals surface area contributed by atoms with E-state index in [9.17, 15) is 39.5 Å². The van der Waals surface area contributed by atoms with Crippen LogP contribution in [-0.4, -0.2) is 106 Å². The van der Waals surface area contributed by atoms with E-state index < -0.39 is 36.4 Å². The SMILES string of the molecule is CN1C[C@H](COCc2cccnc2)[C@]2(CCN(Cc3ccccc3)C2)C1.O=C(O)C(F)(F)F.O=C(O)C(F)(F)F.O=C(O)C(F)(F)F. The second-order valence-electron chi connectivity index (χ2n) is 10.5. The lowest BCUT2D eigenvalue weighted by Crippen LogP contribution is -2.36. The largest absolute Gasteiger partial charge is 0.490 e. The molecule has 1 spiro atoms. The van der Waals surface area contributed by atoms with Crippen molar-refractivity contribution < 1.29 is 74.0 Å². The number of hydrogen-bond donors (Lipinski definition) is 3. The molecule has 264 valence electrons. The normalized spacial score (nSPS) is 19.8. The van der Waals surface area contributed by atoms with Crippen molar-refractivity contribution >= 4 is 17.9 Å². The van der Waals surface area contributed by atoms with Gasteiger partial charge in [-0.2, -0.15) is 39.5 Å². The van der Waals surface area contributed by atoms with Gasteiger partial charge in [-0.3, -0.25) is 9.88 Å². The summed E-state index contributed by atoms with van der Waals surface area (Å²) in [7, 11) is 2.25. The van der Waals surface area contributed by atoms with E-state index in [4.69, 9.17) is 34.4 Å². The molecule has 2 saturated heterocycles. The Hall–Kier alpha value is -3.97. The van der Waals surface area contributed by atoms with Crippen LogP contribution in [0.2, 0.25) is 0 Å². The van der Waals surface area contributed by atoms with Crippen LogP contribution in [0, 0.1) is 11.3 Å². The minimum absolute atomic E-state index is 0.387. The zero-order valence-electron chi connectivity index (χ0n) is 24.6. The van der Waals surface area contributed by atoms with Crippen LogP contribution in [-0.2, 0) is 32.3 Å². The highest BCUT2D eigenvalue weighted by Gasteiger charge is 2.49. The summed E-state index contributed by atoms with van der Waals surface area (Å²) >= 11 is 0. The molecular formula is C28H32F9N3O7. The highest BCUT2D eigenvalue weighted by molar-refractivity contribution is 5.73. The summed E-state index contributed by atoms with van der Waals surface area (Å²) in [6, 6.07) is 14.9. The van der Waals surface area contributed by atoms with Gasteiger partial charge in [-0.25, -0.2) is 14.4 Å². The minimum Gasteiger partial charge on any atom is -0.475 e. The summed E-state index contributed by atoms with van der Waals surface area (Å²) < 4.78 is 101. The molecule has 0 aliphatic carbocycles. The number of likely N-dealkylation sites (tertiary alicyclic amines) is 2. The maximum absolute atomic E-state index is 10.6. The molecule has 0 amide bonds. The molecule has 0 unspecified atom stereocenters. The molecule has 0 radical (unpaired) electrons. The summed E-state index contributed by atoms with van der Waals surface area (Å²) in [6.45, 7) is 7.30. The van der Waals surface area contributed by atoms with Crippen LogP contribution in [0.15, 0.2) is 54.9 Å². The van der Waals surface area contributed by atoms with E-state index in [0.717, 1.165) is 25.3 Å². The number of carboxylic acid groups (broad SMARTS) is 3. The first-order valence-corrected chi connectivity index (χ1v) is 13.4. The van der Waals surface area contributed by atoms with Crippen molar-refractivity contribution in [2.45, 2.75) is 38.1 Å². The molecule has 10 nitrogen and oxygen atoms in total. The van der Waals surface area contributed by atoms with Crippen LogP contribution in [0.3, 0.4) is 0 Å². The number of ether oxygens (including phenoxy) is 1. The third-order valence-electron chi connectivity index (χ3n) is 6.73. The molecule has 2 atom stereocenters. The molecular weight excluding hydrogens is 661 g/mol. The first-order chi connectivity index (χ1) is 21.6. The first-order valence-electron chi connectivity index (χ1n) is 13.4. The number of nitrogens with zero attached hydrogens (tertiary/aromatic N) is 3. The lowest BCUT2D eigenvalue weighted by molar-refractivity contribution is -0.193. The zero-order valence-corrected chi connectivity index (χ0v) is 24.6. The molecule has 3 heterocycles. The topological polar surface area (TPSA) is 140 Å². The number of aromatic nitrogens is 1. The molecule has 2 aliphatic rings. The van der Waals surface area contributed by atoms with Crippen molar-refractivity contribution in [1.82, 2.24) is 14.8 Å². The Morgan fingerprint density at radius 3 is 1.77 bits per heavy atom. The monoisotopic (exact) mass is 693 g/mol. The standard InChI is InChI=1S/C22H29N3O.3C2HF3O2/c1-24-14-21(16-26-15-20-8-5-10-23-12-20)22(17-24)9-11-25(18-22)13-19-6-3-2-4-7-19;3*3-2(4,5)1(6)7/h2-8,10,12,21H,9,11,13-18H2,1H3;3*(H,6,7)/t21-,22-;;;/m1.../s1. The summed E-state index contributed by atoms with van der Waals surface area (Å²) in [5, 5.41) is 21.4.